The normalized spacial score (nSPS) is 17.5. The topological polar surface area (TPSA) is 30.3 Å². The van der Waals surface area contributed by atoms with Crippen molar-refractivity contribution in [3.05, 3.63) is 0 Å². The molecule has 0 saturated carbocycles. The quantitative estimate of drug-likeness (QED) is 0.624. The first-order valence-corrected chi connectivity index (χ1v) is 6.07. The molecule has 1 heterocycles. The van der Waals surface area contributed by atoms with Gasteiger partial charge >= 0.3 is 0 Å². The van der Waals surface area contributed by atoms with Crippen LogP contribution in [0.2, 0.25) is 0 Å². The number of hydrogen-bond acceptors (Lipinski definition) is 3. The second-order valence-electron chi connectivity index (χ2n) is 4.62. The zero-order valence-electron chi connectivity index (χ0n) is 10.1. The van der Waals surface area contributed by atoms with Crippen LogP contribution in [-0.4, -0.2) is 48.6 Å². The highest BCUT2D eigenvalue weighted by Gasteiger charge is 2.12. The van der Waals surface area contributed by atoms with Gasteiger partial charge in [-0.1, -0.05) is 0 Å². The zero-order valence-corrected chi connectivity index (χ0v) is 10.1. The summed E-state index contributed by atoms with van der Waals surface area (Å²) in [6.45, 7) is 9.70. The van der Waals surface area contributed by atoms with Crippen LogP contribution < -0.4 is 0 Å². The summed E-state index contributed by atoms with van der Waals surface area (Å²) < 4.78 is 0. The molecule has 0 aromatic heterocycles. The third-order valence-electron chi connectivity index (χ3n) is 3.12. The molecule has 1 aliphatic heterocycles. The van der Waals surface area contributed by atoms with Gasteiger partial charge in [0.05, 0.1) is 12.6 Å². The molecule has 0 atom stereocenters. The standard InChI is InChI=1S/C12H23N3/c1-12(2)15(11-6-13)10-5-9-14-7-3-4-8-14/h12H,3-5,7-11H2,1-2H3. The minimum Gasteiger partial charge on any atom is -0.303 e. The van der Waals surface area contributed by atoms with E-state index in [0.29, 0.717) is 12.6 Å². The Morgan fingerprint density at radius 1 is 1.33 bits per heavy atom. The highest BCUT2D eigenvalue weighted by atomic mass is 15.2. The number of likely N-dealkylation sites (tertiary alicyclic amines) is 1. The van der Waals surface area contributed by atoms with Crippen LogP contribution in [0.4, 0.5) is 0 Å². The van der Waals surface area contributed by atoms with Crippen molar-refractivity contribution in [2.45, 2.75) is 39.2 Å². The van der Waals surface area contributed by atoms with Crippen LogP contribution in [0.3, 0.4) is 0 Å². The highest BCUT2D eigenvalue weighted by molar-refractivity contribution is 4.78. The molecule has 1 rings (SSSR count). The third-order valence-corrected chi connectivity index (χ3v) is 3.12. The molecule has 0 aromatic rings. The van der Waals surface area contributed by atoms with Gasteiger partial charge in [-0.15, -0.1) is 0 Å². The number of hydrogen-bond donors (Lipinski definition) is 0. The maximum Gasteiger partial charge on any atom is 0.0868 e. The largest absolute Gasteiger partial charge is 0.303 e. The van der Waals surface area contributed by atoms with E-state index in [1.165, 1.54) is 38.9 Å². The molecular formula is C12H23N3. The third kappa shape index (κ3) is 4.63. The fraction of sp³-hybridized carbons (Fsp3) is 0.917. The maximum atomic E-state index is 8.69. The van der Waals surface area contributed by atoms with Crippen LogP contribution in [0.1, 0.15) is 33.1 Å². The van der Waals surface area contributed by atoms with Gasteiger partial charge in [-0.25, -0.2) is 0 Å². The molecule has 0 bridgehead atoms. The van der Waals surface area contributed by atoms with Gasteiger partial charge in [-0.2, -0.15) is 5.26 Å². The first-order chi connectivity index (χ1) is 7.24. The van der Waals surface area contributed by atoms with E-state index in [1.54, 1.807) is 0 Å². The fourth-order valence-electron chi connectivity index (χ4n) is 2.11. The lowest BCUT2D eigenvalue weighted by atomic mass is 10.3. The molecule has 15 heavy (non-hydrogen) atoms. The molecule has 0 amide bonds. The second kappa shape index (κ2) is 6.81. The van der Waals surface area contributed by atoms with Gasteiger partial charge in [0.15, 0.2) is 0 Å². The van der Waals surface area contributed by atoms with Gasteiger partial charge < -0.3 is 4.90 Å². The monoisotopic (exact) mass is 209 g/mol. The van der Waals surface area contributed by atoms with E-state index in [4.69, 9.17) is 5.26 Å². The number of rotatable bonds is 6. The first kappa shape index (κ1) is 12.5. The van der Waals surface area contributed by atoms with Gasteiger partial charge in [0.2, 0.25) is 0 Å². The van der Waals surface area contributed by atoms with Crippen molar-refractivity contribution in [3.8, 4) is 6.07 Å². The lowest BCUT2D eigenvalue weighted by Crippen LogP contribution is -2.34. The van der Waals surface area contributed by atoms with Crippen molar-refractivity contribution in [3.63, 3.8) is 0 Å². The molecule has 0 unspecified atom stereocenters. The minimum absolute atomic E-state index is 0.489. The van der Waals surface area contributed by atoms with Crippen LogP contribution >= 0.6 is 0 Å². The van der Waals surface area contributed by atoms with Crippen LogP contribution in [-0.2, 0) is 0 Å². The van der Waals surface area contributed by atoms with Crippen molar-refractivity contribution >= 4 is 0 Å². The molecular weight excluding hydrogens is 186 g/mol. The molecule has 0 N–H and O–H groups in total. The zero-order chi connectivity index (χ0) is 11.1. The van der Waals surface area contributed by atoms with Gasteiger partial charge in [0, 0.05) is 12.6 Å². The molecule has 3 nitrogen and oxygen atoms in total. The minimum atomic E-state index is 0.489. The van der Waals surface area contributed by atoms with E-state index in [9.17, 15) is 0 Å². The Balaban J connectivity index is 2.13. The lowest BCUT2D eigenvalue weighted by molar-refractivity contribution is 0.226. The molecule has 1 saturated heterocycles. The Hall–Kier alpha value is -0.590. The van der Waals surface area contributed by atoms with E-state index in [-0.39, 0.29) is 0 Å². The molecule has 86 valence electrons. The highest BCUT2D eigenvalue weighted by Crippen LogP contribution is 2.08. The molecule has 3 heteroatoms. The average Bonchev–Trinajstić information content (AvgIpc) is 2.69. The summed E-state index contributed by atoms with van der Waals surface area (Å²) in [4.78, 5) is 4.78. The lowest BCUT2D eigenvalue weighted by Gasteiger charge is -2.24. The summed E-state index contributed by atoms with van der Waals surface area (Å²) in [5.41, 5.74) is 0. The SMILES string of the molecule is CC(C)N(CC#N)CCCN1CCCC1. The Kier molecular flexibility index (Phi) is 5.67. The predicted octanol–water partition coefficient (Wildman–Crippen LogP) is 1.71. The Morgan fingerprint density at radius 3 is 2.53 bits per heavy atom. The van der Waals surface area contributed by atoms with Crippen LogP contribution in [0.5, 0.6) is 0 Å². The van der Waals surface area contributed by atoms with E-state index in [1.807, 2.05) is 0 Å². The van der Waals surface area contributed by atoms with Gasteiger partial charge in [-0.3, -0.25) is 4.90 Å². The van der Waals surface area contributed by atoms with Gasteiger partial charge in [0.1, 0.15) is 0 Å². The second-order valence-corrected chi connectivity index (χ2v) is 4.62. The van der Waals surface area contributed by atoms with E-state index < -0.39 is 0 Å². The predicted molar refractivity (Wildman–Crippen MR) is 62.6 cm³/mol. The fourth-order valence-corrected chi connectivity index (χ4v) is 2.11. The smallest absolute Gasteiger partial charge is 0.0868 e. The molecule has 1 aliphatic rings. The van der Waals surface area contributed by atoms with E-state index in [2.05, 4.69) is 29.7 Å². The first-order valence-electron chi connectivity index (χ1n) is 6.07. The molecule has 1 fully saturated rings. The molecule has 0 aromatic carbocycles. The summed E-state index contributed by atoms with van der Waals surface area (Å²) in [5, 5.41) is 8.69. The van der Waals surface area contributed by atoms with E-state index >= 15 is 0 Å². The number of nitriles is 1. The summed E-state index contributed by atoms with van der Waals surface area (Å²) in [6, 6.07) is 2.73. The van der Waals surface area contributed by atoms with E-state index in [0.717, 1.165) is 6.54 Å². The average molecular weight is 209 g/mol. The Morgan fingerprint density at radius 2 is 2.00 bits per heavy atom. The Bertz CT molecular complexity index is 201. The summed E-state index contributed by atoms with van der Waals surface area (Å²) in [6.07, 6.45) is 3.93. The van der Waals surface area contributed by atoms with Crippen molar-refractivity contribution in [1.82, 2.24) is 9.80 Å². The molecule has 0 radical (unpaired) electrons. The summed E-state index contributed by atoms with van der Waals surface area (Å²) >= 11 is 0. The van der Waals surface area contributed by atoms with Crippen LogP contribution in [0.15, 0.2) is 0 Å². The molecule has 0 aliphatic carbocycles. The Labute approximate surface area is 93.7 Å². The summed E-state index contributed by atoms with van der Waals surface area (Å²) in [7, 11) is 0. The molecule has 0 spiro atoms. The van der Waals surface area contributed by atoms with Gasteiger partial charge in [-0.05, 0) is 52.7 Å². The van der Waals surface area contributed by atoms with Crippen molar-refractivity contribution in [2.75, 3.05) is 32.7 Å². The van der Waals surface area contributed by atoms with Crippen molar-refractivity contribution < 1.29 is 0 Å². The maximum absolute atomic E-state index is 8.69. The van der Waals surface area contributed by atoms with Gasteiger partial charge in [0.25, 0.3) is 0 Å². The van der Waals surface area contributed by atoms with Crippen LogP contribution in [0.25, 0.3) is 0 Å². The summed E-state index contributed by atoms with van der Waals surface area (Å²) in [5.74, 6) is 0. The van der Waals surface area contributed by atoms with Crippen molar-refractivity contribution in [2.24, 2.45) is 0 Å². The van der Waals surface area contributed by atoms with Crippen LogP contribution in [0, 0.1) is 11.3 Å². The number of nitrogens with zero attached hydrogens (tertiary/aromatic N) is 3. The van der Waals surface area contributed by atoms with Crippen molar-refractivity contribution in [1.29, 1.82) is 5.26 Å².